The second kappa shape index (κ2) is 8.36. The third-order valence-corrected chi connectivity index (χ3v) is 6.94. The topological polar surface area (TPSA) is 80.0 Å². The SMILES string of the molecule is Cc1ccc(-n2nccn2)c(C(=O)N2CC3CC(C2)CN(c2cnc4cc(Cl)ccc4n2)C3)c1. The number of carbonyl (C=O) groups is 1. The molecule has 4 aromatic rings. The van der Waals surface area contributed by atoms with Gasteiger partial charge in [-0.25, -0.2) is 4.98 Å². The smallest absolute Gasteiger partial charge is 0.256 e. The van der Waals surface area contributed by atoms with Crippen molar-refractivity contribution in [3.8, 4) is 5.69 Å². The van der Waals surface area contributed by atoms with Crippen LogP contribution in [0.15, 0.2) is 55.0 Å². The normalized spacial score (nSPS) is 20.1. The fraction of sp³-hybridized carbons (Fsp3) is 0.320. The van der Waals surface area contributed by atoms with Crippen LogP contribution in [0.25, 0.3) is 16.7 Å². The van der Waals surface area contributed by atoms with Crippen LogP contribution in [0.4, 0.5) is 5.82 Å². The number of hydrogen-bond acceptors (Lipinski definition) is 6. The van der Waals surface area contributed by atoms with Gasteiger partial charge in [0.1, 0.15) is 5.82 Å². The van der Waals surface area contributed by atoms with Gasteiger partial charge in [0.25, 0.3) is 5.91 Å². The van der Waals surface area contributed by atoms with E-state index in [1.54, 1.807) is 12.4 Å². The molecule has 2 aromatic heterocycles. The van der Waals surface area contributed by atoms with Crippen molar-refractivity contribution in [2.45, 2.75) is 13.3 Å². The summed E-state index contributed by atoms with van der Waals surface area (Å²) in [6.45, 7) is 5.16. The molecule has 34 heavy (non-hydrogen) atoms. The van der Waals surface area contributed by atoms with Crippen molar-refractivity contribution >= 4 is 34.4 Å². The second-order valence-corrected chi connectivity index (χ2v) is 9.72. The summed E-state index contributed by atoms with van der Waals surface area (Å²) in [5.41, 5.74) is 4.04. The minimum absolute atomic E-state index is 0.0431. The number of fused-ring (bicyclic) bond motifs is 3. The maximum absolute atomic E-state index is 13.6. The number of aryl methyl sites for hydroxylation is 1. The number of carbonyl (C=O) groups excluding carboxylic acids is 1. The maximum atomic E-state index is 13.6. The highest BCUT2D eigenvalue weighted by atomic mass is 35.5. The molecular formula is C25H24ClN7O. The monoisotopic (exact) mass is 473 g/mol. The first-order valence-corrected chi connectivity index (χ1v) is 11.8. The number of aromatic nitrogens is 5. The fourth-order valence-electron chi connectivity index (χ4n) is 5.27. The van der Waals surface area contributed by atoms with E-state index in [2.05, 4.69) is 20.1 Å². The molecule has 9 heteroatoms. The molecule has 0 saturated carbocycles. The molecular weight excluding hydrogens is 450 g/mol. The standard InChI is InChI=1S/C25H24ClN7O/c1-16-2-5-23(33-28-6-7-29-33)20(8-16)25(34)32-14-17-9-18(15-32)13-31(12-17)24-11-27-22-10-19(26)3-4-21(22)30-24/h2-8,10-11,17-18H,9,12-15H2,1H3. The molecule has 172 valence electrons. The van der Waals surface area contributed by atoms with Crippen molar-refractivity contribution < 1.29 is 4.79 Å². The third kappa shape index (κ3) is 3.88. The first kappa shape index (κ1) is 21.0. The molecule has 2 aliphatic heterocycles. The number of anilines is 1. The number of rotatable bonds is 3. The summed E-state index contributed by atoms with van der Waals surface area (Å²) in [5.74, 6) is 1.70. The predicted molar refractivity (Wildman–Crippen MR) is 130 cm³/mol. The zero-order valence-corrected chi connectivity index (χ0v) is 19.6. The van der Waals surface area contributed by atoms with E-state index in [9.17, 15) is 4.79 Å². The Labute approximate surface area is 202 Å². The number of likely N-dealkylation sites (tertiary alicyclic amines) is 1. The number of benzene rings is 2. The van der Waals surface area contributed by atoms with Gasteiger partial charge in [0.15, 0.2) is 0 Å². The van der Waals surface area contributed by atoms with E-state index in [0.717, 1.165) is 55.0 Å². The number of piperidine rings is 2. The van der Waals surface area contributed by atoms with Gasteiger partial charge in [-0.3, -0.25) is 9.78 Å². The van der Waals surface area contributed by atoms with Gasteiger partial charge in [-0.15, -0.1) is 0 Å². The van der Waals surface area contributed by atoms with Crippen LogP contribution in [-0.4, -0.2) is 61.9 Å². The van der Waals surface area contributed by atoms with Crippen LogP contribution in [0.1, 0.15) is 22.3 Å². The molecule has 2 aromatic carbocycles. The van der Waals surface area contributed by atoms with E-state index in [0.29, 0.717) is 28.1 Å². The van der Waals surface area contributed by atoms with Crippen LogP contribution in [0.3, 0.4) is 0 Å². The molecule has 2 bridgehead atoms. The number of nitrogens with zero attached hydrogens (tertiary/aromatic N) is 7. The minimum atomic E-state index is 0.0431. The summed E-state index contributed by atoms with van der Waals surface area (Å²) in [5, 5.41) is 9.14. The Kier molecular flexibility index (Phi) is 5.17. The number of amides is 1. The second-order valence-electron chi connectivity index (χ2n) is 9.28. The van der Waals surface area contributed by atoms with Crippen molar-refractivity contribution in [2.24, 2.45) is 11.8 Å². The Morgan fingerprint density at radius 2 is 1.74 bits per heavy atom. The van der Waals surface area contributed by atoms with Gasteiger partial charge in [-0.2, -0.15) is 15.0 Å². The molecule has 2 atom stereocenters. The molecule has 1 amide bonds. The van der Waals surface area contributed by atoms with Crippen LogP contribution in [0, 0.1) is 18.8 Å². The first-order valence-electron chi connectivity index (χ1n) is 11.5. The molecule has 0 aliphatic carbocycles. The van der Waals surface area contributed by atoms with E-state index in [-0.39, 0.29) is 5.91 Å². The van der Waals surface area contributed by atoms with Crippen molar-refractivity contribution in [1.82, 2.24) is 29.9 Å². The fourth-order valence-corrected chi connectivity index (χ4v) is 5.43. The van der Waals surface area contributed by atoms with Crippen molar-refractivity contribution in [3.05, 3.63) is 71.1 Å². The molecule has 0 N–H and O–H groups in total. The molecule has 2 saturated heterocycles. The highest BCUT2D eigenvalue weighted by Crippen LogP contribution is 2.32. The van der Waals surface area contributed by atoms with Crippen LogP contribution >= 0.6 is 11.6 Å². The Morgan fingerprint density at radius 1 is 0.971 bits per heavy atom. The third-order valence-electron chi connectivity index (χ3n) is 6.70. The molecule has 0 spiro atoms. The lowest BCUT2D eigenvalue weighted by atomic mass is 9.84. The van der Waals surface area contributed by atoms with Crippen LogP contribution in [0.5, 0.6) is 0 Å². The Balaban J connectivity index is 1.22. The van der Waals surface area contributed by atoms with Gasteiger partial charge in [0.05, 0.1) is 40.9 Å². The lowest BCUT2D eigenvalue weighted by Crippen LogP contribution is -2.54. The lowest BCUT2D eigenvalue weighted by molar-refractivity contribution is 0.0564. The Morgan fingerprint density at radius 3 is 2.50 bits per heavy atom. The molecule has 2 aliphatic rings. The quantitative estimate of drug-likeness (QED) is 0.450. The maximum Gasteiger partial charge on any atom is 0.256 e. The van der Waals surface area contributed by atoms with Crippen LogP contribution < -0.4 is 4.90 Å². The predicted octanol–water partition coefficient (Wildman–Crippen LogP) is 3.77. The zero-order chi connectivity index (χ0) is 23.2. The Bertz CT molecular complexity index is 1360. The zero-order valence-electron chi connectivity index (χ0n) is 18.8. The summed E-state index contributed by atoms with van der Waals surface area (Å²) in [4.78, 5) is 28.9. The van der Waals surface area contributed by atoms with Gasteiger partial charge in [0.2, 0.25) is 0 Å². The highest BCUT2D eigenvalue weighted by molar-refractivity contribution is 6.31. The van der Waals surface area contributed by atoms with Gasteiger partial charge in [0, 0.05) is 31.2 Å². The Hall–Kier alpha value is -3.52. The van der Waals surface area contributed by atoms with Gasteiger partial charge >= 0.3 is 0 Å². The average Bonchev–Trinajstić information content (AvgIpc) is 3.37. The van der Waals surface area contributed by atoms with Crippen LogP contribution in [-0.2, 0) is 0 Å². The van der Waals surface area contributed by atoms with Gasteiger partial charge in [-0.05, 0) is 55.5 Å². The van der Waals surface area contributed by atoms with Crippen LogP contribution in [0.2, 0.25) is 5.02 Å². The molecule has 2 unspecified atom stereocenters. The highest BCUT2D eigenvalue weighted by Gasteiger charge is 2.37. The summed E-state index contributed by atoms with van der Waals surface area (Å²) < 4.78 is 0. The lowest BCUT2D eigenvalue weighted by Gasteiger charge is -2.46. The summed E-state index contributed by atoms with van der Waals surface area (Å²) in [6, 6.07) is 11.4. The summed E-state index contributed by atoms with van der Waals surface area (Å²) >= 11 is 6.08. The van der Waals surface area contributed by atoms with E-state index >= 15 is 0 Å². The molecule has 0 radical (unpaired) electrons. The van der Waals surface area contributed by atoms with Crippen molar-refractivity contribution in [2.75, 3.05) is 31.1 Å². The minimum Gasteiger partial charge on any atom is -0.355 e. The van der Waals surface area contributed by atoms with E-state index in [1.807, 2.05) is 54.4 Å². The van der Waals surface area contributed by atoms with E-state index < -0.39 is 0 Å². The number of halogens is 1. The largest absolute Gasteiger partial charge is 0.355 e. The van der Waals surface area contributed by atoms with E-state index in [4.69, 9.17) is 16.6 Å². The van der Waals surface area contributed by atoms with Crippen molar-refractivity contribution in [1.29, 1.82) is 0 Å². The number of hydrogen-bond donors (Lipinski definition) is 0. The molecule has 8 nitrogen and oxygen atoms in total. The summed E-state index contributed by atoms with van der Waals surface area (Å²) in [7, 11) is 0. The first-order chi connectivity index (χ1) is 16.5. The molecule has 6 rings (SSSR count). The summed E-state index contributed by atoms with van der Waals surface area (Å²) in [6.07, 6.45) is 6.20. The molecule has 4 heterocycles. The van der Waals surface area contributed by atoms with Crippen molar-refractivity contribution in [3.63, 3.8) is 0 Å². The van der Waals surface area contributed by atoms with E-state index in [1.165, 1.54) is 4.80 Å². The van der Waals surface area contributed by atoms with Gasteiger partial charge in [-0.1, -0.05) is 23.2 Å². The molecule has 2 fully saturated rings. The average molecular weight is 474 g/mol. The van der Waals surface area contributed by atoms with Gasteiger partial charge < -0.3 is 9.80 Å².